The first-order chi connectivity index (χ1) is 6.95. The second kappa shape index (κ2) is 4.65. The van der Waals surface area contributed by atoms with E-state index in [0.29, 0.717) is 10.9 Å². The van der Waals surface area contributed by atoms with E-state index < -0.39 is 5.41 Å². The van der Waals surface area contributed by atoms with Gasteiger partial charge in [-0.3, -0.25) is 4.79 Å². The van der Waals surface area contributed by atoms with E-state index in [2.05, 4.69) is 5.32 Å². The molecular formula is C10H11ClN2OS. The summed E-state index contributed by atoms with van der Waals surface area (Å²) in [6, 6.07) is 5.58. The third-order valence-corrected chi connectivity index (χ3v) is 3.13. The van der Waals surface area contributed by atoms with Gasteiger partial charge >= 0.3 is 0 Å². The predicted molar refractivity (Wildman–Crippen MR) is 60.6 cm³/mol. The average Bonchev–Trinajstić information content (AvgIpc) is 2.60. The quantitative estimate of drug-likeness (QED) is 0.886. The molecule has 0 saturated carbocycles. The zero-order valence-electron chi connectivity index (χ0n) is 8.50. The summed E-state index contributed by atoms with van der Waals surface area (Å²) in [7, 11) is 0. The summed E-state index contributed by atoms with van der Waals surface area (Å²) in [4.78, 5) is 12.5. The molecular weight excluding hydrogens is 232 g/mol. The van der Waals surface area contributed by atoms with Crippen LogP contribution in [0.4, 0.5) is 0 Å². The number of nitriles is 1. The largest absolute Gasteiger partial charge is 0.350 e. The van der Waals surface area contributed by atoms with Gasteiger partial charge in [0.25, 0.3) is 0 Å². The summed E-state index contributed by atoms with van der Waals surface area (Å²) in [6.45, 7) is 3.59. The van der Waals surface area contributed by atoms with Crippen molar-refractivity contribution in [3.63, 3.8) is 0 Å². The zero-order valence-corrected chi connectivity index (χ0v) is 10.1. The molecule has 0 aromatic carbocycles. The van der Waals surface area contributed by atoms with Crippen LogP contribution in [0.25, 0.3) is 0 Å². The van der Waals surface area contributed by atoms with Crippen molar-refractivity contribution in [1.82, 2.24) is 5.32 Å². The average molecular weight is 243 g/mol. The number of carbonyl (C=O) groups excluding carboxylic acids is 1. The first kappa shape index (κ1) is 12.0. The normalized spacial score (nSPS) is 10.8. The highest BCUT2D eigenvalue weighted by atomic mass is 35.5. The van der Waals surface area contributed by atoms with Gasteiger partial charge in [-0.15, -0.1) is 11.3 Å². The monoisotopic (exact) mass is 242 g/mol. The van der Waals surface area contributed by atoms with E-state index in [1.54, 1.807) is 19.9 Å². The Morgan fingerprint density at radius 3 is 2.80 bits per heavy atom. The standard InChI is InChI=1S/C10H11ClN2OS/c1-10(2,6-12)9(14)13-5-7-3-4-8(11)15-7/h3-4H,5H2,1-2H3,(H,13,14). The topological polar surface area (TPSA) is 52.9 Å². The number of rotatable bonds is 3. The molecule has 15 heavy (non-hydrogen) atoms. The van der Waals surface area contributed by atoms with Crippen LogP contribution in [-0.4, -0.2) is 5.91 Å². The maximum absolute atomic E-state index is 11.5. The summed E-state index contributed by atoms with van der Waals surface area (Å²) in [5, 5.41) is 11.4. The second-order valence-electron chi connectivity index (χ2n) is 3.63. The lowest BCUT2D eigenvalue weighted by molar-refractivity contribution is -0.126. The van der Waals surface area contributed by atoms with Crippen LogP contribution < -0.4 is 5.32 Å². The Morgan fingerprint density at radius 1 is 1.67 bits per heavy atom. The molecule has 0 radical (unpaired) electrons. The van der Waals surface area contributed by atoms with Crippen molar-refractivity contribution in [2.75, 3.05) is 0 Å². The molecule has 1 N–H and O–H groups in total. The van der Waals surface area contributed by atoms with Crippen LogP contribution in [0.3, 0.4) is 0 Å². The summed E-state index contributed by atoms with van der Waals surface area (Å²) < 4.78 is 0.693. The number of thiophene rings is 1. The number of hydrogen-bond acceptors (Lipinski definition) is 3. The molecule has 1 amide bonds. The first-order valence-corrected chi connectivity index (χ1v) is 5.59. The Hall–Kier alpha value is -1.05. The minimum absolute atomic E-state index is 0.269. The Labute approximate surface area is 97.7 Å². The highest BCUT2D eigenvalue weighted by molar-refractivity contribution is 7.16. The number of nitrogens with one attached hydrogen (secondary N) is 1. The summed E-state index contributed by atoms with van der Waals surface area (Å²) in [6.07, 6.45) is 0. The molecule has 0 bridgehead atoms. The van der Waals surface area contributed by atoms with Gasteiger partial charge in [0.15, 0.2) is 0 Å². The minimum atomic E-state index is -0.985. The Kier molecular flexibility index (Phi) is 3.72. The van der Waals surface area contributed by atoms with Crippen molar-refractivity contribution >= 4 is 28.8 Å². The van der Waals surface area contributed by atoms with Gasteiger partial charge in [-0.2, -0.15) is 5.26 Å². The number of amides is 1. The zero-order chi connectivity index (χ0) is 11.5. The first-order valence-electron chi connectivity index (χ1n) is 4.39. The lowest BCUT2D eigenvalue weighted by Crippen LogP contribution is -2.35. The van der Waals surface area contributed by atoms with Crippen molar-refractivity contribution in [2.24, 2.45) is 5.41 Å². The van der Waals surface area contributed by atoms with Gasteiger partial charge in [0.1, 0.15) is 5.41 Å². The van der Waals surface area contributed by atoms with Crippen LogP contribution in [0.1, 0.15) is 18.7 Å². The molecule has 5 heteroatoms. The van der Waals surface area contributed by atoms with Gasteiger partial charge in [0.2, 0.25) is 5.91 Å². The molecule has 0 fully saturated rings. The van der Waals surface area contributed by atoms with Crippen molar-refractivity contribution in [2.45, 2.75) is 20.4 Å². The van der Waals surface area contributed by atoms with Crippen LogP contribution in [0, 0.1) is 16.7 Å². The number of carbonyl (C=O) groups is 1. The third-order valence-electron chi connectivity index (χ3n) is 1.90. The highest BCUT2D eigenvalue weighted by Crippen LogP contribution is 2.21. The SMILES string of the molecule is CC(C)(C#N)C(=O)NCc1ccc(Cl)s1. The van der Waals surface area contributed by atoms with Crippen molar-refractivity contribution in [1.29, 1.82) is 5.26 Å². The number of hydrogen-bond donors (Lipinski definition) is 1. The van der Waals surface area contributed by atoms with Crippen molar-refractivity contribution in [3.8, 4) is 6.07 Å². The van der Waals surface area contributed by atoms with Gasteiger partial charge in [-0.25, -0.2) is 0 Å². The fraction of sp³-hybridized carbons (Fsp3) is 0.400. The smallest absolute Gasteiger partial charge is 0.240 e. The van der Waals surface area contributed by atoms with Crippen LogP contribution in [-0.2, 0) is 11.3 Å². The fourth-order valence-electron chi connectivity index (χ4n) is 0.886. The van der Waals surface area contributed by atoms with E-state index in [1.165, 1.54) is 11.3 Å². The van der Waals surface area contributed by atoms with Gasteiger partial charge in [0.05, 0.1) is 17.0 Å². The molecule has 0 aliphatic rings. The molecule has 0 spiro atoms. The van der Waals surface area contributed by atoms with Gasteiger partial charge < -0.3 is 5.32 Å². The minimum Gasteiger partial charge on any atom is -0.350 e. The Morgan fingerprint density at radius 2 is 2.33 bits per heavy atom. The Bertz CT molecular complexity index is 406. The van der Waals surface area contributed by atoms with E-state index in [4.69, 9.17) is 16.9 Å². The van der Waals surface area contributed by atoms with Crippen LogP contribution in [0.5, 0.6) is 0 Å². The summed E-state index contributed by atoms with van der Waals surface area (Å²) in [5.41, 5.74) is -0.985. The molecule has 0 unspecified atom stereocenters. The number of nitrogens with zero attached hydrogens (tertiary/aromatic N) is 1. The molecule has 0 atom stereocenters. The second-order valence-corrected chi connectivity index (χ2v) is 5.42. The van der Waals surface area contributed by atoms with E-state index in [-0.39, 0.29) is 5.91 Å². The molecule has 0 aliphatic heterocycles. The molecule has 0 aliphatic carbocycles. The predicted octanol–water partition coefficient (Wildman–Crippen LogP) is 2.57. The molecule has 0 saturated heterocycles. The van der Waals surface area contributed by atoms with Gasteiger partial charge in [-0.05, 0) is 26.0 Å². The van der Waals surface area contributed by atoms with Crippen LogP contribution in [0.15, 0.2) is 12.1 Å². The van der Waals surface area contributed by atoms with E-state index in [1.807, 2.05) is 12.1 Å². The van der Waals surface area contributed by atoms with E-state index >= 15 is 0 Å². The van der Waals surface area contributed by atoms with Crippen LogP contribution in [0.2, 0.25) is 4.34 Å². The van der Waals surface area contributed by atoms with E-state index in [9.17, 15) is 4.79 Å². The number of halogens is 1. The van der Waals surface area contributed by atoms with Gasteiger partial charge in [0, 0.05) is 4.88 Å². The molecule has 80 valence electrons. The molecule has 1 aromatic heterocycles. The molecule has 1 heterocycles. The fourth-order valence-corrected chi connectivity index (χ4v) is 1.91. The maximum atomic E-state index is 11.5. The lowest BCUT2D eigenvalue weighted by Gasteiger charge is -2.14. The summed E-state index contributed by atoms with van der Waals surface area (Å²) in [5.74, 6) is -0.269. The van der Waals surface area contributed by atoms with E-state index in [0.717, 1.165) is 4.88 Å². The van der Waals surface area contributed by atoms with Gasteiger partial charge in [-0.1, -0.05) is 11.6 Å². The lowest BCUT2D eigenvalue weighted by atomic mass is 9.95. The molecule has 1 aromatic rings. The molecule has 1 rings (SSSR count). The van der Waals surface area contributed by atoms with Crippen LogP contribution >= 0.6 is 22.9 Å². The Balaban J connectivity index is 2.52. The van der Waals surface area contributed by atoms with Crippen molar-refractivity contribution in [3.05, 3.63) is 21.3 Å². The maximum Gasteiger partial charge on any atom is 0.240 e. The molecule has 3 nitrogen and oxygen atoms in total. The van der Waals surface area contributed by atoms with Crippen molar-refractivity contribution < 1.29 is 4.79 Å². The third kappa shape index (κ3) is 3.22. The highest BCUT2D eigenvalue weighted by Gasteiger charge is 2.26. The summed E-state index contributed by atoms with van der Waals surface area (Å²) >= 11 is 7.16.